The van der Waals surface area contributed by atoms with Gasteiger partial charge >= 0.3 is 0 Å². The van der Waals surface area contributed by atoms with E-state index in [4.69, 9.17) is 14.0 Å². The van der Waals surface area contributed by atoms with Gasteiger partial charge in [0, 0.05) is 25.2 Å². The van der Waals surface area contributed by atoms with Gasteiger partial charge in [0.15, 0.2) is 17.3 Å². The van der Waals surface area contributed by atoms with Crippen molar-refractivity contribution >= 4 is 12.1 Å². The molecular weight excluding hydrogens is 334 g/mol. The second kappa shape index (κ2) is 6.94. The number of benzene rings is 1. The molecule has 26 heavy (non-hydrogen) atoms. The van der Waals surface area contributed by atoms with E-state index >= 15 is 0 Å². The minimum atomic E-state index is -0.452. The zero-order chi connectivity index (χ0) is 18.9. The van der Waals surface area contributed by atoms with Crippen LogP contribution in [0.2, 0.25) is 0 Å². The van der Waals surface area contributed by atoms with E-state index in [0.29, 0.717) is 47.8 Å². The molecule has 1 aliphatic rings. The molecule has 0 aliphatic heterocycles. The molecule has 138 valence electrons. The molecule has 6 heteroatoms. The minimum absolute atomic E-state index is 0.0319. The number of carbonyl (C=O) groups is 2. The number of ketones is 1. The fourth-order valence-corrected chi connectivity index (χ4v) is 3.50. The van der Waals surface area contributed by atoms with Crippen molar-refractivity contribution in [3.05, 3.63) is 40.8 Å². The zero-order valence-electron chi connectivity index (χ0n) is 15.5. The normalized spacial score (nSPS) is 16.7. The summed E-state index contributed by atoms with van der Waals surface area (Å²) >= 11 is 0. The van der Waals surface area contributed by atoms with Crippen molar-refractivity contribution in [2.75, 3.05) is 14.2 Å². The quantitative estimate of drug-likeness (QED) is 0.738. The fraction of sp³-hybridized carbons (Fsp3) is 0.450. The highest BCUT2D eigenvalue weighted by atomic mass is 16.5. The molecule has 0 fully saturated rings. The average molecular weight is 357 g/mol. The zero-order valence-corrected chi connectivity index (χ0v) is 15.5. The van der Waals surface area contributed by atoms with Crippen molar-refractivity contribution in [3.63, 3.8) is 0 Å². The van der Waals surface area contributed by atoms with Crippen LogP contribution in [0.4, 0.5) is 0 Å². The molecule has 1 aromatic heterocycles. The standard InChI is InChI=1S/C20H23NO5/c1-20(2)9-15(23)19-14(21-26-18(19)10-20)7-13(11-22)12-5-6-16(24-3)17(8-12)25-4/h5-6,8,11,13H,7,9-10H2,1-4H3. The van der Waals surface area contributed by atoms with Gasteiger partial charge < -0.3 is 18.8 Å². The Balaban J connectivity index is 1.90. The predicted octanol–water partition coefficient (Wildman–Crippen LogP) is 3.37. The molecule has 0 saturated heterocycles. The Morgan fingerprint density at radius 2 is 1.96 bits per heavy atom. The molecule has 0 radical (unpaired) electrons. The van der Waals surface area contributed by atoms with Gasteiger partial charge in [-0.1, -0.05) is 25.1 Å². The topological polar surface area (TPSA) is 78.6 Å². The second-order valence-electron chi connectivity index (χ2n) is 7.43. The van der Waals surface area contributed by atoms with Crippen LogP contribution in [-0.4, -0.2) is 31.4 Å². The summed E-state index contributed by atoms with van der Waals surface area (Å²) in [6.07, 6.45) is 2.29. The third-order valence-corrected chi connectivity index (χ3v) is 4.80. The molecule has 0 N–H and O–H groups in total. The van der Waals surface area contributed by atoms with Crippen LogP contribution in [-0.2, 0) is 17.6 Å². The van der Waals surface area contributed by atoms with Crippen LogP contribution in [0.5, 0.6) is 11.5 Å². The third-order valence-electron chi connectivity index (χ3n) is 4.80. The van der Waals surface area contributed by atoms with E-state index in [9.17, 15) is 9.59 Å². The Bertz CT molecular complexity index is 837. The van der Waals surface area contributed by atoms with Crippen molar-refractivity contribution in [2.45, 2.75) is 39.0 Å². The lowest BCUT2D eigenvalue weighted by molar-refractivity contribution is -0.109. The van der Waals surface area contributed by atoms with Gasteiger partial charge in [-0.25, -0.2) is 0 Å². The summed E-state index contributed by atoms with van der Waals surface area (Å²) in [5.41, 5.74) is 1.75. The summed E-state index contributed by atoms with van der Waals surface area (Å²) in [5, 5.41) is 4.09. The van der Waals surface area contributed by atoms with Gasteiger partial charge in [0.25, 0.3) is 0 Å². The van der Waals surface area contributed by atoms with Crippen LogP contribution in [0.1, 0.15) is 53.6 Å². The van der Waals surface area contributed by atoms with E-state index in [1.54, 1.807) is 26.4 Å². The summed E-state index contributed by atoms with van der Waals surface area (Å²) in [7, 11) is 3.11. The summed E-state index contributed by atoms with van der Waals surface area (Å²) in [6, 6.07) is 5.35. The number of methoxy groups -OCH3 is 2. The number of aromatic nitrogens is 1. The van der Waals surface area contributed by atoms with E-state index in [-0.39, 0.29) is 11.2 Å². The Hall–Kier alpha value is -2.63. The van der Waals surface area contributed by atoms with E-state index in [0.717, 1.165) is 11.8 Å². The van der Waals surface area contributed by atoms with Crippen LogP contribution < -0.4 is 9.47 Å². The Kier molecular flexibility index (Phi) is 4.85. The van der Waals surface area contributed by atoms with Crippen molar-refractivity contribution in [2.24, 2.45) is 5.41 Å². The molecule has 1 atom stereocenters. The molecule has 0 bridgehead atoms. The molecular formula is C20H23NO5. The second-order valence-corrected chi connectivity index (χ2v) is 7.43. The molecule has 0 spiro atoms. The van der Waals surface area contributed by atoms with Crippen LogP contribution in [0.15, 0.2) is 22.7 Å². The van der Waals surface area contributed by atoms with Gasteiger partial charge in [-0.2, -0.15) is 0 Å². The van der Waals surface area contributed by atoms with Gasteiger partial charge in [-0.05, 0) is 23.1 Å². The molecule has 6 nitrogen and oxygen atoms in total. The number of ether oxygens (including phenoxy) is 2. The molecule has 2 aromatic rings. The van der Waals surface area contributed by atoms with Gasteiger partial charge in [0.1, 0.15) is 12.0 Å². The first kappa shape index (κ1) is 18.2. The number of Topliss-reactive ketones (excluding diaryl/α,β-unsaturated/α-hetero) is 1. The van der Waals surface area contributed by atoms with Crippen molar-refractivity contribution < 1.29 is 23.6 Å². The smallest absolute Gasteiger partial charge is 0.168 e. The summed E-state index contributed by atoms with van der Waals surface area (Å²) in [4.78, 5) is 24.3. The van der Waals surface area contributed by atoms with Crippen LogP contribution in [0.3, 0.4) is 0 Å². The van der Waals surface area contributed by atoms with E-state index in [1.807, 2.05) is 19.9 Å². The number of hydrogen-bond acceptors (Lipinski definition) is 6. The van der Waals surface area contributed by atoms with Gasteiger partial charge in [-0.15, -0.1) is 0 Å². The Morgan fingerprint density at radius 3 is 2.62 bits per heavy atom. The van der Waals surface area contributed by atoms with Crippen LogP contribution >= 0.6 is 0 Å². The molecule has 1 unspecified atom stereocenters. The first-order chi connectivity index (χ1) is 12.4. The first-order valence-electron chi connectivity index (χ1n) is 8.56. The summed E-state index contributed by atoms with van der Waals surface area (Å²) < 4.78 is 16.0. The summed E-state index contributed by atoms with van der Waals surface area (Å²) in [5.74, 6) is 1.35. The highest BCUT2D eigenvalue weighted by Gasteiger charge is 2.36. The van der Waals surface area contributed by atoms with Crippen LogP contribution in [0, 0.1) is 5.41 Å². The highest BCUT2D eigenvalue weighted by molar-refractivity contribution is 5.99. The van der Waals surface area contributed by atoms with E-state index in [2.05, 4.69) is 5.16 Å². The van der Waals surface area contributed by atoms with Gasteiger partial charge in [0.05, 0.1) is 25.5 Å². The Morgan fingerprint density at radius 1 is 1.23 bits per heavy atom. The minimum Gasteiger partial charge on any atom is -0.493 e. The monoisotopic (exact) mass is 357 g/mol. The van der Waals surface area contributed by atoms with Gasteiger partial charge in [-0.3, -0.25) is 4.79 Å². The van der Waals surface area contributed by atoms with Crippen molar-refractivity contribution in [1.82, 2.24) is 5.16 Å². The number of aldehydes is 1. The number of hydrogen-bond donors (Lipinski definition) is 0. The van der Waals surface area contributed by atoms with E-state index in [1.165, 1.54) is 0 Å². The van der Waals surface area contributed by atoms with Gasteiger partial charge in [0.2, 0.25) is 0 Å². The van der Waals surface area contributed by atoms with Crippen LogP contribution in [0.25, 0.3) is 0 Å². The Labute approximate surface area is 152 Å². The average Bonchev–Trinajstić information content (AvgIpc) is 3.00. The molecule has 0 saturated carbocycles. The van der Waals surface area contributed by atoms with E-state index < -0.39 is 5.92 Å². The first-order valence-corrected chi connectivity index (χ1v) is 8.56. The lowest BCUT2D eigenvalue weighted by Crippen LogP contribution is -2.26. The lowest BCUT2D eigenvalue weighted by Gasteiger charge is -2.26. The maximum Gasteiger partial charge on any atom is 0.168 e. The summed E-state index contributed by atoms with van der Waals surface area (Å²) in [6.45, 7) is 4.07. The molecule has 1 heterocycles. The SMILES string of the molecule is COc1ccc(C(C=O)Cc2noc3c2C(=O)CC(C)(C)C3)cc1OC. The molecule has 0 amide bonds. The largest absolute Gasteiger partial charge is 0.493 e. The number of fused-ring (bicyclic) bond motifs is 1. The lowest BCUT2D eigenvalue weighted by atomic mass is 9.75. The number of carbonyl (C=O) groups excluding carboxylic acids is 2. The highest BCUT2D eigenvalue weighted by Crippen LogP contribution is 2.37. The molecule has 3 rings (SSSR count). The fourth-order valence-electron chi connectivity index (χ4n) is 3.50. The molecule has 1 aliphatic carbocycles. The third kappa shape index (κ3) is 3.36. The van der Waals surface area contributed by atoms with Crippen molar-refractivity contribution in [1.29, 1.82) is 0 Å². The predicted molar refractivity (Wildman–Crippen MR) is 95.0 cm³/mol. The number of rotatable bonds is 6. The number of nitrogens with zero attached hydrogens (tertiary/aromatic N) is 1. The van der Waals surface area contributed by atoms with Crippen molar-refractivity contribution in [3.8, 4) is 11.5 Å². The maximum absolute atomic E-state index is 12.5. The maximum atomic E-state index is 12.5. The molecule has 1 aromatic carbocycles.